The van der Waals surface area contributed by atoms with Gasteiger partial charge in [0.25, 0.3) is 0 Å². The molecule has 112 valence electrons. The van der Waals surface area contributed by atoms with Crippen LogP contribution >= 0.6 is 0 Å². The first-order chi connectivity index (χ1) is 9.83. The topological polar surface area (TPSA) is 75.2 Å². The van der Waals surface area contributed by atoms with Gasteiger partial charge in [0.1, 0.15) is 0 Å². The minimum absolute atomic E-state index is 0.597. The van der Waals surface area contributed by atoms with Crippen molar-refractivity contribution in [1.82, 2.24) is 15.0 Å². The highest BCUT2D eigenvalue weighted by Crippen LogP contribution is 2.14. The first kappa shape index (κ1) is 14.8. The molecule has 1 saturated heterocycles. The molecule has 20 heavy (non-hydrogen) atoms. The van der Waals surface area contributed by atoms with Crippen molar-refractivity contribution in [2.75, 3.05) is 55.4 Å². The SMILES string of the molecule is CCCCCNc1nc(NC)nc(N2CCOCC2)n1. The first-order valence-electron chi connectivity index (χ1n) is 7.34. The zero-order valence-corrected chi connectivity index (χ0v) is 12.4. The van der Waals surface area contributed by atoms with Crippen molar-refractivity contribution < 1.29 is 4.74 Å². The van der Waals surface area contributed by atoms with Gasteiger partial charge in [0.05, 0.1) is 13.2 Å². The van der Waals surface area contributed by atoms with Crippen molar-refractivity contribution in [2.24, 2.45) is 0 Å². The number of nitrogens with one attached hydrogen (secondary N) is 2. The summed E-state index contributed by atoms with van der Waals surface area (Å²) >= 11 is 0. The molecule has 1 aliphatic rings. The van der Waals surface area contributed by atoms with Crippen molar-refractivity contribution in [3.05, 3.63) is 0 Å². The fourth-order valence-electron chi connectivity index (χ4n) is 2.04. The third-order valence-electron chi connectivity index (χ3n) is 3.20. The molecule has 7 nitrogen and oxygen atoms in total. The van der Waals surface area contributed by atoms with Crippen LogP contribution in [0.3, 0.4) is 0 Å². The Labute approximate surface area is 120 Å². The monoisotopic (exact) mass is 280 g/mol. The van der Waals surface area contributed by atoms with Crippen LogP contribution in [-0.2, 0) is 4.74 Å². The molecule has 0 bridgehead atoms. The maximum absolute atomic E-state index is 5.36. The van der Waals surface area contributed by atoms with Gasteiger partial charge in [-0.2, -0.15) is 15.0 Å². The number of aromatic nitrogens is 3. The molecule has 2 N–H and O–H groups in total. The summed E-state index contributed by atoms with van der Waals surface area (Å²) in [6.07, 6.45) is 3.55. The van der Waals surface area contributed by atoms with Crippen LogP contribution in [0.1, 0.15) is 26.2 Å². The van der Waals surface area contributed by atoms with Gasteiger partial charge in [0.2, 0.25) is 17.8 Å². The lowest BCUT2D eigenvalue weighted by atomic mass is 10.2. The van der Waals surface area contributed by atoms with E-state index in [-0.39, 0.29) is 0 Å². The molecule has 1 aromatic heterocycles. The lowest BCUT2D eigenvalue weighted by Gasteiger charge is -2.27. The third kappa shape index (κ3) is 4.19. The van der Waals surface area contributed by atoms with E-state index in [1.54, 1.807) is 0 Å². The Bertz CT molecular complexity index is 408. The van der Waals surface area contributed by atoms with Crippen LogP contribution < -0.4 is 15.5 Å². The van der Waals surface area contributed by atoms with E-state index in [0.717, 1.165) is 39.3 Å². The van der Waals surface area contributed by atoms with Crippen molar-refractivity contribution in [2.45, 2.75) is 26.2 Å². The van der Waals surface area contributed by atoms with Crippen LogP contribution in [0.5, 0.6) is 0 Å². The standard InChI is InChI=1S/C13H24N6O/c1-3-4-5-6-15-12-16-11(14-2)17-13(18-12)19-7-9-20-10-8-19/h3-10H2,1-2H3,(H2,14,15,16,17,18). The Hall–Kier alpha value is -1.63. The summed E-state index contributed by atoms with van der Waals surface area (Å²) in [5, 5.41) is 6.26. The number of ether oxygens (including phenoxy) is 1. The lowest BCUT2D eigenvalue weighted by Crippen LogP contribution is -2.37. The maximum Gasteiger partial charge on any atom is 0.232 e. The largest absolute Gasteiger partial charge is 0.378 e. The Morgan fingerprint density at radius 3 is 2.55 bits per heavy atom. The number of anilines is 3. The third-order valence-corrected chi connectivity index (χ3v) is 3.20. The number of unbranched alkanes of at least 4 members (excludes halogenated alkanes) is 2. The van der Waals surface area contributed by atoms with Gasteiger partial charge in [-0.05, 0) is 6.42 Å². The smallest absolute Gasteiger partial charge is 0.232 e. The Morgan fingerprint density at radius 1 is 1.10 bits per heavy atom. The van der Waals surface area contributed by atoms with Gasteiger partial charge in [-0.25, -0.2) is 0 Å². The summed E-state index contributed by atoms with van der Waals surface area (Å²) in [6, 6.07) is 0. The summed E-state index contributed by atoms with van der Waals surface area (Å²) < 4.78 is 5.36. The lowest BCUT2D eigenvalue weighted by molar-refractivity contribution is 0.122. The predicted octanol–water partition coefficient (Wildman–Crippen LogP) is 1.35. The number of morpholine rings is 1. The molecule has 0 aliphatic carbocycles. The molecule has 0 atom stereocenters. The molecule has 0 spiro atoms. The van der Waals surface area contributed by atoms with E-state index in [9.17, 15) is 0 Å². The van der Waals surface area contributed by atoms with E-state index in [0.29, 0.717) is 17.8 Å². The number of rotatable bonds is 7. The number of hydrogen-bond acceptors (Lipinski definition) is 7. The van der Waals surface area contributed by atoms with Crippen LogP contribution in [0, 0.1) is 0 Å². The highest BCUT2D eigenvalue weighted by atomic mass is 16.5. The maximum atomic E-state index is 5.36. The molecule has 1 aliphatic heterocycles. The Morgan fingerprint density at radius 2 is 1.85 bits per heavy atom. The van der Waals surface area contributed by atoms with Crippen molar-refractivity contribution in [3.8, 4) is 0 Å². The summed E-state index contributed by atoms with van der Waals surface area (Å²) in [6.45, 7) is 6.17. The molecule has 2 rings (SSSR count). The van der Waals surface area contributed by atoms with Gasteiger partial charge in [0, 0.05) is 26.7 Å². The predicted molar refractivity (Wildman–Crippen MR) is 80.4 cm³/mol. The van der Waals surface area contributed by atoms with E-state index in [2.05, 4.69) is 37.4 Å². The number of nitrogens with zero attached hydrogens (tertiary/aromatic N) is 4. The summed E-state index contributed by atoms with van der Waals surface area (Å²) in [7, 11) is 1.82. The minimum Gasteiger partial charge on any atom is -0.378 e. The van der Waals surface area contributed by atoms with Crippen LogP contribution in [-0.4, -0.2) is 54.8 Å². The van der Waals surface area contributed by atoms with E-state index in [4.69, 9.17) is 4.74 Å². The second kappa shape index (κ2) is 7.84. The highest BCUT2D eigenvalue weighted by molar-refractivity contribution is 5.43. The molecule has 2 heterocycles. The van der Waals surface area contributed by atoms with Gasteiger partial charge in [0.15, 0.2) is 0 Å². The molecule has 1 aromatic rings. The average molecular weight is 280 g/mol. The van der Waals surface area contributed by atoms with Crippen molar-refractivity contribution in [1.29, 1.82) is 0 Å². The normalized spacial score (nSPS) is 15.2. The van der Waals surface area contributed by atoms with Crippen LogP contribution in [0.15, 0.2) is 0 Å². The second-order valence-electron chi connectivity index (χ2n) is 4.77. The van der Waals surface area contributed by atoms with Gasteiger partial charge in [-0.1, -0.05) is 19.8 Å². The molecular weight excluding hydrogens is 256 g/mol. The zero-order chi connectivity index (χ0) is 14.2. The van der Waals surface area contributed by atoms with Crippen LogP contribution in [0.2, 0.25) is 0 Å². The van der Waals surface area contributed by atoms with E-state index in [1.807, 2.05) is 7.05 Å². The molecule has 7 heteroatoms. The average Bonchev–Trinajstić information content (AvgIpc) is 2.52. The van der Waals surface area contributed by atoms with Gasteiger partial charge >= 0.3 is 0 Å². The van der Waals surface area contributed by atoms with Crippen molar-refractivity contribution >= 4 is 17.8 Å². The summed E-state index contributed by atoms with van der Waals surface area (Å²) in [5.74, 6) is 1.95. The molecule has 1 fully saturated rings. The first-order valence-corrected chi connectivity index (χ1v) is 7.34. The zero-order valence-electron chi connectivity index (χ0n) is 12.4. The second-order valence-corrected chi connectivity index (χ2v) is 4.77. The van der Waals surface area contributed by atoms with Crippen molar-refractivity contribution in [3.63, 3.8) is 0 Å². The molecule has 0 unspecified atom stereocenters. The van der Waals surface area contributed by atoms with Gasteiger partial charge in [-0.3, -0.25) is 0 Å². The molecule has 0 saturated carbocycles. The summed E-state index contributed by atoms with van der Waals surface area (Å²) in [4.78, 5) is 15.4. The fraction of sp³-hybridized carbons (Fsp3) is 0.769. The summed E-state index contributed by atoms with van der Waals surface area (Å²) in [5.41, 5.74) is 0. The Kier molecular flexibility index (Phi) is 5.79. The Balaban J connectivity index is 2.03. The van der Waals surface area contributed by atoms with Crippen LogP contribution in [0.25, 0.3) is 0 Å². The highest BCUT2D eigenvalue weighted by Gasteiger charge is 2.16. The van der Waals surface area contributed by atoms with E-state index >= 15 is 0 Å². The molecule has 0 radical (unpaired) electrons. The minimum atomic E-state index is 0.597. The molecule has 0 amide bonds. The quantitative estimate of drug-likeness (QED) is 0.730. The van der Waals surface area contributed by atoms with Gasteiger partial charge in [-0.15, -0.1) is 0 Å². The van der Waals surface area contributed by atoms with E-state index in [1.165, 1.54) is 12.8 Å². The fourth-order valence-corrected chi connectivity index (χ4v) is 2.04. The van der Waals surface area contributed by atoms with Crippen LogP contribution in [0.4, 0.5) is 17.8 Å². The van der Waals surface area contributed by atoms with Gasteiger partial charge < -0.3 is 20.3 Å². The molecular formula is C13H24N6O. The molecule has 0 aromatic carbocycles. The van der Waals surface area contributed by atoms with E-state index < -0.39 is 0 Å². The number of hydrogen-bond donors (Lipinski definition) is 2.